The van der Waals surface area contributed by atoms with Gasteiger partial charge in [0.15, 0.2) is 5.75 Å². The third-order valence-corrected chi connectivity index (χ3v) is 5.27. The maximum Gasteiger partial charge on any atom is 0.311 e. The van der Waals surface area contributed by atoms with Crippen molar-refractivity contribution in [2.24, 2.45) is 0 Å². The molecule has 0 saturated carbocycles. The van der Waals surface area contributed by atoms with E-state index in [-0.39, 0.29) is 28.9 Å². The van der Waals surface area contributed by atoms with Crippen LogP contribution in [-0.2, 0) is 17.1 Å². The molecule has 0 saturated heterocycles. The molecule has 0 fully saturated rings. The monoisotopic (exact) mass is 457 g/mol. The molecule has 0 aliphatic rings. The number of ether oxygens (including phenoxy) is 2. The summed E-state index contributed by atoms with van der Waals surface area (Å²) in [6.45, 7) is 0.303. The molecule has 1 amide bonds. The largest absolute Gasteiger partial charge is 0.490 e. The Kier molecular flexibility index (Phi) is 7.98. The number of carbonyl (C=O) groups excluding carboxylic acids is 1. The number of benzene rings is 2. The Hall–Kier alpha value is -3.66. The Bertz CT molecular complexity index is 1080. The van der Waals surface area contributed by atoms with Crippen LogP contribution in [0.25, 0.3) is 0 Å². The number of aromatic nitrogens is 1. The molecule has 32 heavy (non-hydrogen) atoms. The summed E-state index contributed by atoms with van der Waals surface area (Å²) in [7, 11) is 1.38. The third-order valence-electron chi connectivity index (χ3n) is 4.27. The molecule has 1 N–H and O–H groups in total. The van der Waals surface area contributed by atoms with Gasteiger partial charge in [-0.2, -0.15) is 0 Å². The smallest absolute Gasteiger partial charge is 0.311 e. The van der Waals surface area contributed by atoms with Crippen LogP contribution in [-0.4, -0.2) is 28.7 Å². The van der Waals surface area contributed by atoms with E-state index in [1.54, 1.807) is 30.5 Å². The van der Waals surface area contributed by atoms with Gasteiger partial charge in [-0.25, -0.2) is 9.37 Å². The van der Waals surface area contributed by atoms with Crippen LogP contribution in [0.1, 0.15) is 11.1 Å². The van der Waals surface area contributed by atoms with Gasteiger partial charge in [-0.15, -0.1) is 11.8 Å². The first-order chi connectivity index (χ1) is 15.4. The first-order valence-corrected chi connectivity index (χ1v) is 10.6. The van der Waals surface area contributed by atoms with E-state index in [1.807, 2.05) is 0 Å². The number of nitrogens with zero attached hydrogens (tertiary/aromatic N) is 2. The average molecular weight is 457 g/mol. The van der Waals surface area contributed by atoms with E-state index in [0.717, 1.165) is 11.1 Å². The number of pyridine rings is 1. The lowest BCUT2D eigenvalue weighted by Gasteiger charge is -2.08. The molecular formula is C22H20FN3O5S. The van der Waals surface area contributed by atoms with Gasteiger partial charge < -0.3 is 14.8 Å². The van der Waals surface area contributed by atoms with E-state index in [1.165, 1.54) is 49.2 Å². The van der Waals surface area contributed by atoms with Gasteiger partial charge >= 0.3 is 5.69 Å². The highest BCUT2D eigenvalue weighted by atomic mass is 32.2. The number of nitrogens with one attached hydrogen (secondary N) is 1. The van der Waals surface area contributed by atoms with Gasteiger partial charge in [0, 0.05) is 30.6 Å². The standard InChI is InChI=1S/C22H20FN3O5S/c1-30-20-8-2-15(10-19(20)26(28)29)13-32-14-21(27)24-11-16-3-9-22(25-12-16)31-18-6-4-17(23)5-7-18/h2-10,12H,11,13-14H2,1H3,(H,24,27). The van der Waals surface area contributed by atoms with Crippen molar-refractivity contribution in [1.29, 1.82) is 0 Å². The fraction of sp³-hybridized carbons (Fsp3) is 0.182. The normalized spacial score (nSPS) is 10.4. The van der Waals surface area contributed by atoms with Crippen molar-refractivity contribution < 1.29 is 23.6 Å². The molecular weight excluding hydrogens is 437 g/mol. The summed E-state index contributed by atoms with van der Waals surface area (Å²) in [6, 6.07) is 13.8. The maximum absolute atomic E-state index is 12.9. The van der Waals surface area contributed by atoms with Crippen LogP contribution in [0, 0.1) is 15.9 Å². The van der Waals surface area contributed by atoms with Crippen molar-refractivity contribution in [3.05, 3.63) is 87.9 Å². The number of nitro groups is 1. The van der Waals surface area contributed by atoms with E-state index in [4.69, 9.17) is 9.47 Å². The molecule has 3 rings (SSSR count). The zero-order chi connectivity index (χ0) is 22.9. The van der Waals surface area contributed by atoms with Gasteiger partial charge in [0.25, 0.3) is 0 Å². The molecule has 2 aromatic carbocycles. The molecule has 1 aromatic heterocycles. The fourth-order valence-electron chi connectivity index (χ4n) is 2.68. The van der Waals surface area contributed by atoms with Crippen molar-refractivity contribution in [2.45, 2.75) is 12.3 Å². The highest BCUT2D eigenvalue weighted by Crippen LogP contribution is 2.29. The van der Waals surface area contributed by atoms with Gasteiger partial charge in [0.2, 0.25) is 11.8 Å². The van der Waals surface area contributed by atoms with Crippen molar-refractivity contribution in [3.8, 4) is 17.4 Å². The Balaban J connectivity index is 1.42. The van der Waals surface area contributed by atoms with E-state index >= 15 is 0 Å². The topological polar surface area (TPSA) is 104 Å². The summed E-state index contributed by atoms with van der Waals surface area (Å²) in [6.07, 6.45) is 1.59. The number of hydrogen-bond acceptors (Lipinski definition) is 7. The van der Waals surface area contributed by atoms with Gasteiger partial charge in [0.05, 0.1) is 17.8 Å². The minimum atomic E-state index is -0.496. The van der Waals surface area contributed by atoms with Crippen LogP contribution in [0.3, 0.4) is 0 Å². The van der Waals surface area contributed by atoms with Gasteiger partial charge in [-0.05, 0) is 41.5 Å². The fourth-order valence-corrected chi connectivity index (χ4v) is 3.49. The Morgan fingerprint density at radius 2 is 1.91 bits per heavy atom. The van der Waals surface area contributed by atoms with E-state index in [9.17, 15) is 19.3 Å². The molecule has 0 aliphatic heterocycles. The van der Waals surface area contributed by atoms with Crippen LogP contribution in [0.15, 0.2) is 60.8 Å². The Labute approximate surface area is 187 Å². The van der Waals surface area contributed by atoms with Crippen molar-refractivity contribution in [3.63, 3.8) is 0 Å². The summed E-state index contributed by atoms with van der Waals surface area (Å²) in [5.74, 6) is 1.18. The van der Waals surface area contributed by atoms with E-state index < -0.39 is 4.92 Å². The molecule has 0 unspecified atom stereocenters. The summed E-state index contributed by atoms with van der Waals surface area (Å²) in [4.78, 5) is 26.8. The van der Waals surface area contributed by atoms with E-state index in [0.29, 0.717) is 23.9 Å². The highest BCUT2D eigenvalue weighted by Gasteiger charge is 2.15. The predicted molar refractivity (Wildman–Crippen MR) is 118 cm³/mol. The number of halogens is 1. The molecule has 0 radical (unpaired) electrons. The van der Waals surface area contributed by atoms with Crippen LogP contribution >= 0.6 is 11.8 Å². The molecule has 0 atom stereocenters. The summed E-state index contributed by atoms with van der Waals surface area (Å²) in [5, 5.41) is 13.9. The molecule has 1 heterocycles. The molecule has 0 aliphatic carbocycles. The molecule has 0 spiro atoms. The average Bonchev–Trinajstić information content (AvgIpc) is 2.80. The van der Waals surface area contributed by atoms with Crippen LogP contribution in [0.2, 0.25) is 0 Å². The van der Waals surface area contributed by atoms with Gasteiger partial charge in [-0.1, -0.05) is 12.1 Å². The molecule has 3 aromatic rings. The first kappa shape index (κ1) is 23.0. The summed E-state index contributed by atoms with van der Waals surface area (Å²) < 4.78 is 23.4. The van der Waals surface area contributed by atoms with Gasteiger partial charge in [-0.3, -0.25) is 14.9 Å². The maximum atomic E-state index is 12.9. The number of rotatable bonds is 10. The van der Waals surface area contributed by atoms with Crippen LogP contribution < -0.4 is 14.8 Å². The van der Waals surface area contributed by atoms with Crippen LogP contribution in [0.5, 0.6) is 17.4 Å². The lowest BCUT2D eigenvalue weighted by Crippen LogP contribution is -2.24. The second kappa shape index (κ2) is 11.1. The SMILES string of the molecule is COc1ccc(CSCC(=O)NCc2ccc(Oc3ccc(F)cc3)nc2)cc1[N+](=O)[O-]. The zero-order valence-electron chi connectivity index (χ0n) is 17.1. The summed E-state index contributed by atoms with van der Waals surface area (Å²) >= 11 is 1.35. The summed E-state index contributed by atoms with van der Waals surface area (Å²) in [5.41, 5.74) is 1.42. The quantitative estimate of drug-likeness (QED) is 0.354. The van der Waals surface area contributed by atoms with Gasteiger partial charge in [0.1, 0.15) is 11.6 Å². The molecule has 0 bridgehead atoms. The number of nitro benzene ring substituents is 1. The van der Waals surface area contributed by atoms with Crippen LogP contribution in [0.4, 0.5) is 10.1 Å². The lowest BCUT2D eigenvalue weighted by atomic mass is 10.2. The molecule has 8 nitrogen and oxygen atoms in total. The predicted octanol–water partition coefficient (Wildman–Crippen LogP) is 4.48. The first-order valence-electron chi connectivity index (χ1n) is 9.48. The van der Waals surface area contributed by atoms with Crippen molar-refractivity contribution in [2.75, 3.05) is 12.9 Å². The minimum absolute atomic E-state index is 0.102. The Morgan fingerprint density at radius 3 is 2.56 bits per heavy atom. The highest BCUT2D eigenvalue weighted by molar-refractivity contribution is 7.99. The third kappa shape index (κ3) is 6.67. The number of amides is 1. The van der Waals surface area contributed by atoms with Crippen molar-refractivity contribution >= 4 is 23.4 Å². The minimum Gasteiger partial charge on any atom is -0.490 e. The molecule has 10 heteroatoms. The Morgan fingerprint density at radius 1 is 1.16 bits per heavy atom. The number of carbonyl (C=O) groups is 1. The van der Waals surface area contributed by atoms with Crippen molar-refractivity contribution in [1.82, 2.24) is 10.3 Å². The lowest BCUT2D eigenvalue weighted by molar-refractivity contribution is -0.385. The zero-order valence-corrected chi connectivity index (χ0v) is 17.9. The second-order valence-corrected chi connectivity index (χ2v) is 7.58. The van der Waals surface area contributed by atoms with E-state index in [2.05, 4.69) is 10.3 Å². The molecule has 166 valence electrons. The number of hydrogen-bond donors (Lipinski definition) is 1. The second-order valence-electron chi connectivity index (χ2n) is 6.59. The number of thioether (sulfide) groups is 1. The number of methoxy groups -OCH3 is 1.